The average molecular weight is 484 g/mol. The first kappa shape index (κ1) is 26.0. The molecule has 2 aromatic rings. The lowest BCUT2D eigenvalue weighted by atomic mass is 9.92. The van der Waals surface area contributed by atoms with Crippen molar-refractivity contribution in [3.8, 4) is 0 Å². The van der Waals surface area contributed by atoms with Crippen LogP contribution < -0.4 is 5.32 Å². The van der Waals surface area contributed by atoms with Crippen LogP contribution in [-0.4, -0.2) is 16.2 Å². The van der Waals surface area contributed by atoms with Crippen molar-refractivity contribution in [1.29, 1.82) is 0 Å². The smallest absolute Gasteiger partial charge is 0.292 e. The summed E-state index contributed by atoms with van der Waals surface area (Å²) in [7, 11) is -0.900. The Morgan fingerprint density at radius 1 is 0.758 bits per heavy atom. The van der Waals surface area contributed by atoms with Gasteiger partial charge in [-0.15, -0.1) is 0 Å². The lowest BCUT2D eigenvalue weighted by Crippen LogP contribution is -2.20. The van der Waals surface area contributed by atoms with Crippen LogP contribution in [0.2, 0.25) is 0 Å². The van der Waals surface area contributed by atoms with Gasteiger partial charge < -0.3 is 5.32 Å². The minimum absolute atomic E-state index is 0.446. The zero-order chi connectivity index (χ0) is 24.4. The van der Waals surface area contributed by atoms with Gasteiger partial charge in [0.25, 0.3) is 7.43 Å². The first-order chi connectivity index (χ1) is 15.5. The molecule has 0 saturated heterocycles. The zero-order valence-electron chi connectivity index (χ0n) is 21.8. The molecule has 1 N–H and O–H groups in total. The van der Waals surface area contributed by atoms with Crippen LogP contribution in [0.5, 0.6) is 0 Å². The minimum atomic E-state index is -0.900. The Morgan fingerprint density at radius 2 is 1.18 bits per heavy atom. The van der Waals surface area contributed by atoms with Gasteiger partial charge in [-0.1, -0.05) is 91.8 Å². The summed E-state index contributed by atoms with van der Waals surface area (Å²) in [5.74, 6) is 1.81. The minimum Gasteiger partial charge on any atom is -0.358 e. The molecule has 2 nitrogen and oxygen atoms in total. The molecule has 178 valence electrons. The maximum Gasteiger partial charge on any atom is 0.292 e. The van der Waals surface area contributed by atoms with Crippen LogP contribution in [-0.2, 0) is 0 Å². The third kappa shape index (κ3) is 5.55. The molecule has 0 amide bonds. The van der Waals surface area contributed by atoms with Crippen LogP contribution in [0.3, 0.4) is 0 Å². The molecule has 0 aliphatic carbocycles. The number of anilines is 1. The second-order valence-electron chi connectivity index (χ2n) is 10.5. The van der Waals surface area contributed by atoms with Gasteiger partial charge >= 0.3 is 0 Å². The van der Waals surface area contributed by atoms with Gasteiger partial charge in [-0.2, -0.15) is 4.35 Å². The zero-order valence-corrected chi connectivity index (χ0v) is 23.5. The lowest BCUT2D eigenvalue weighted by Gasteiger charge is -2.25. The highest BCUT2D eigenvalue weighted by atomic mass is 35.7. The Hall–Kier alpha value is -1.63. The van der Waals surface area contributed by atoms with Crippen molar-refractivity contribution in [2.24, 2.45) is 0 Å². The third-order valence-corrected chi connectivity index (χ3v) is 8.81. The van der Waals surface area contributed by atoms with Crippen LogP contribution in [0.15, 0.2) is 48.2 Å². The molecule has 0 saturated carbocycles. The van der Waals surface area contributed by atoms with Crippen LogP contribution >= 0.6 is 18.7 Å². The van der Waals surface area contributed by atoms with Gasteiger partial charge in [0, 0.05) is 35.5 Å². The molecule has 0 fully saturated rings. The molecular formula is C29H41ClN2P+. The fraction of sp³-hybridized carbons (Fsp3) is 0.483. The molecule has 0 unspecified atom stereocenters. The van der Waals surface area contributed by atoms with Crippen LogP contribution in [0.25, 0.3) is 0 Å². The molecule has 0 aromatic heterocycles. The van der Waals surface area contributed by atoms with Crippen molar-refractivity contribution in [2.45, 2.75) is 86.0 Å². The van der Waals surface area contributed by atoms with E-state index >= 15 is 0 Å². The molecule has 1 aliphatic heterocycles. The summed E-state index contributed by atoms with van der Waals surface area (Å²) in [5, 5.41) is 3.83. The predicted octanol–water partition coefficient (Wildman–Crippen LogP) is 9.85. The maximum atomic E-state index is 7.22. The fourth-order valence-corrected chi connectivity index (χ4v) is 7.13. The highest BCUT2D eigenvalue weighted by Crippen LogP contribution is 2.53. The molecule has 0 radical (unpaired) electrons. The molecular weight excluding hydrogens is 443 g/mol. The second-order valence-corrected chi connectivity index (χ2v) is 13.0. The van der Waals surface area contributed by atoms with Crippen molar-refractivity contribution >= 4 is 35.8 Å². The Morgan fingerprint density at radius 3 is 1.58 bits per heavy atom. The molecule has 33 heavy (non-hydrogen) atoms. The Bertz CT molecular complexity index is 1010. The van der Waals surface area contributed by atoms with E-state index < -0.39 is 7.43 Å². The quantitative estimate of drug-likeness (QED) is 0.387. The van der Waals surface area contributed by atoms with Gasteiger partial charge in [-0.05, 0) is 46.0 Å². The molecule has 3 rings (SSSR count). The van der Waals surface area contributed by atoms with Gasteiger partial charge in [0.2, 0.25) is 5.69 Å². The number of benzene rings is 2. The monoisotopic (exact) mass is 483 g/mol. The molecule has 1 aliphatic rings. The Kier molecular flexibility index (Phi) is 8.46. The second kappa shape index (κ2) is 10.7. The van der Waals surface area contributed by atoms with E-state index in [1.807, 2.05) is 0 Å². The van der Waals surface area contributed by atoms with Crippen molar-refractivity contribution < 1.29 is 4.35 Å². The summed E-state index contributed by atoms with van der Waals surface area (Å²) in [5.41, 5.74) is 10.5. The number of hydrogen-bond acceptors (Lipinski definition) is 1. The number of rotatable bonds is 7. The SMILES string of the molecule is CC1=[N+](c2c(C(C)C)cccc2C(C)C)[P@](Cl)CC(Nc2c(C(C)C)cccc2C(C)C)=C1. The number of hydrogen-bond donors (Lipinski definition) is 1. The van der Waals surface area contributed by atoms with E-state index in [0.29, 0.717) is 23.7 Å². The van der Waals surface area contributed by atoms with E-state index in [9.17, 15) is 0 Å². The lowest BCUT2D eigenvalue weighted by molar-refractivity contribution is -0.256. The molecule has 2 aromatic carbocycles. The average Bonchev–Trinajstić information content (AvgIpc) is 2.72. The molecule has 1 heterocycles. The summed E-state index contributed by atoms with van der Waals surface area (Å²) in [6.45, 7) is 20.4. The summed E-state index contributed by atoms with van der Waals surface area (Å²) < 4.78 is 2.42. The Balaban J connectivity index is 2.12. The third-order valence-electron chi connectivity index (χ3n) is 6.45. The number of nitrogens with zero attached hydrogens (tertiary/aromatic N) is 1. The topological polar surface area (TPSA) is 15.0 Å². The van der Waals surface area contributed by atoms with E-state index in [1.165, 1.54) is 45.0 Å². The first-order valence-corrected chi connectivity index (χ1v) is 14.7. The van der Waals surface area contributed by atoms with E-state index in [1.54, 1.807) is 0 Å². The van der Waals surface area contributed by atoms with Gasteiger partial charge in [0.15, 0.2) is 5.71 Å². The molecule has 0 bridgehead atoms. The first-order valence-electron chi connectivity index (χ1n) is 12.3. The van der Waals surface area contributed by atoms with Crippen molar-refractivity contribution in [3.05, 3.63) is 70.4 Å². The van der Waals surface area contributed by atoms with Gasteiger partial charge in [-0.3, -0.25) is 0 Å². The number of halogens is 1. The molecule has 4 heteroatoms. The van der Waals surface area contributed by atoms with E-state index in [4.69, 9.17) is 11.2 Å². The summed E-state index contributed by atoms with van der Waals surface area (Å²) >= 11 is 7.22. The predicted molar refractivity (Wildman–Crippen MR) is 149 cm³/mol. The maximum absolute atomic E-state index is 7.22. The van der Waals surface area contributed by atoms with E-state index in [0.717, 1.165) is 6.16 Å². The van der Waals surface area contributed by atoms with Crippen molar-refractivity contribution in [1.82, 2.24) is 0 Å². The molecule has 1 atom stereocenters. The van der Waals surface area contributed by atoms with Crippen molar-refractivity contribution in [3.63, 3.8) is 0 Å². The molecule has 0 spiro atoms. The summed E-state index contributed by atoms with van der Waals surface area (Å²) in [6.07, 6.45) is 3.14. The van der Waals surface area contributed by atoms with Crippen LogP contribution in [0, 0.1) is 0 Å². The Labute approximate surface area is 207 Å². The number of allylic oxidation sites excluding steroid dienone is 2. The van der Waals surface area contributed by atoms with Crippen LogP contribution in [0.4, 0.5) is 11.4 Å². The van der Waals surface area contributed by atoms with Gasteiger partial charge in [0.1, 0.15) is 0 Å². The van der Waals surface area contributed by atoms with Crippen LogP contribution in [0.1, 0.15) is 108 Å². The van der Waals surface area contributed by atoms with E-state index in [2.05, 4.69) is 114 Å². The highest BCUT2D eigenvalue weighted by Gasteiger charge is 2.35. The summed E-state index contributed by atoms with van der Waals surface area (Å²) in [4.78, 5) is 0. The van der Waals surface area contributed by atoms with Gasteiger partial charge in [-0.25, -0.2) is 0 Å². The largest absolute Gasteiger partial charge is 0.358 e. The summed E-state index contributed by atoms with van der Waals surface area (Å²) in [6, 6.07) is 13.4. The highest BCUT2D eigenvalue weighted by molar-refractivity contribution is 7.79. The fourth-order valence-electron chi connectivity index (χ4n) is 4.71. The van der Waals surface area contributed by atoms with Crippen molar-refractivity contribution in [2.75, 3.05) is 11.5 Å². The number of nitrogens with one attached hydrogen (secondary N) is 1. The van der Waals surface area contributed by atoms with Gasteiger partial charge in [0.05, 0.1) is 6.16 Å². The normalized spacial score (nSPS) is 16.9. The van der Waals surface area contributed by atoms with E-state index in [-0.39, 0.29) is 0 Å². The number of para-hydroxylation sites is 2. The standard InChI is InChI=1S/C29H40ClN2P/c1-18(2)24-12-10-13-25(19(3)4)28(24)31-23-16-22(9)32(33(30)17-23)29-26(20(5)6)14-11-15-27(29)21(7)8/h10-16,18-21H,17H2,1-9H3/p+1/t33-/m0/s1.